The van der Waals surface area contributed by atoms with Crippen LogP contribution in [0.3, 0.4) is 0 Å². The van der Waals surface area contributed by atoms with E-state index in [1.165, 1.54) is 4.90 Å². The Labute approximate surface area is 111 Å². The van der Waals surface area contributed by atoms with Gasteiger partial charge in [0.15, 0.2) is 0 Å². The molecule has 0 radical (unpaired) electrons. The average Bonchev–Trinajstić information content (AvgIpc) is 2.67. The number of hydrogen-bond acceptors (Lipinski definition) is 2. The van der Waals surface area contributed by atoms with Crippen molar-refractivity contribution in [2.75, 3.05) is 19.6 Å². The Kier molecular flexibility index (Phi) is 4.70. The van der Waals surface area contributed by atoms with Gasteiger partial charge in [0.1, 0.15) is 0 Å². The maximum atomic E-state index is 12.5. The summed E-state index contributed by atoms with van der Waals surface area (Å²) in [6, 6.07) is -0.385. The molecule has 1 unspecified atom stereocenters. The number of likely N-dealkylation sites (tertiary alicyclic amines) is 1. The average molecular weight is 278 g/mol. The van der Waals surface area contributed by atoms with Crippen molar-refractivity contribution in [1.82, 2.24) is 10.2 Å². The van der Waals surface area contributed by atoms with E-state index in [9.17, 15) is 18.4 Å². The number of nitrogens with one attached hydrogen (secondary N) is 1. The van der Waals surface area contributed by atoms with Crippen LogP contribution in [0.25, 0.3) is 0 Å². The van der Waals surface area contributed by atoms with E-state index in [2.05, 4.69) is 5.32 Å². The van der Waals surface area contributed by atoms with Crippen LogP contribution >= 0.6 is 0 Å². The number of alkyl halides is 2. The van der Waals surface area contributed by atoms with Gasteiger partial charge in [0, 0.05) is 26.1 Å². The normalized spacial score (nSPS) is 23.5. The summed E-state index contributed by atoms with van der Waals surface area (Å²) in [4.78, 5) is 24.1. The Morgan fingerprint density at radius 2 is 2.11 bits per heavy atom. The smallest absolute Gasteiger partial charge is 0.317 e. The molecule has 0 spiro atoms. The molecule has 7 heteroatoms. The van der Waals surface area contributed by atoms with Gasteiger partial charge >= 0.3 is 12.0 Å². The molecule has 1 saturated heterocycles. The van der Waals surface area contributed by atoms with E-state index in [4.69, 9.17) is 5.11 Å². The first-order valence-electron chi connectivity index (χ1n) is 6.28. The van der Waals surface area contributed by atoms with Gasteiger partial charge in [0.25, 0.3) is 0 Å². The van der Waals surface area contributed by atoms with Crippen LogP contribution in [0.15, 0.2) is 0 Å². The summed E-state index contributed by atoms with van der Waals surface area (Å²) in [5.74, 6) is -3.64. The highest BCUT2D eigenvalue weighted by Gasteiger charge is 2.42. The first-order valence-corrected chi connectivity index (χ1v) is 6.28. The number of urea groups is 1. The SMILES string of the molecule is CC(F)(F)CCCNC(=O)N1CCC(C)(C(=O)O)C1. The van der Waals surface area contributed by atoms with E-state index in [0.29, 0.717) is 13.0 Å². The van der Waals surface area contributed by atoms with Crippen LogP contribution in [0.5, 0.6) is 0 Å². The highest BCUT2D eigenvalue weighted by molar-refractivity contribution is 5.79. The predicted molar refractivity (Wildman–Crippen MR) is 65.2 cm³/mol. The summed E-state index contributed by atoms with van der Waals surface area (Å²) in [6.45, 7) is 3.13. The number of amides is 2. The van der Waals surface area contributed by atoms with E-state index in [-0.39, 0.29) is 32.0 Å². The van der Waals surface area contributed by atoms with Crippen LogP contribution in [0.1, 0.15) is 33.1 Å². The summed E-state index contributed by atoms with van der Waals surface area (Å²) in [5, 5.41) is 11.6. The summed E-state index contributed by atoms with van der Waals surface area (Å²) < 4.78 is 25.1. The van der Waals surface area contributed by atoms with E-state index >= 15 is 0 Å². The third kappa shape index (κ3) is 4.65. The fraction of sp³-hybridized carbons (Fsp3) is 0.833. The molecule has 1 atom stereocenters. The van der Waals surface area contributed by atoms with Gasteiger partial charge in [-0.1, -0.05) is 0 Å². The topological polar surface area (TPSA) is 69.6 Å². The molecule has 2 N–H and O–H groups in total. The second-order valence-corrected chi connectivity index (χ2v) is 5.44. The first-order chi connectivity index (χ1) is 8.64. The quantitative estimate of drug-likeness (QED) is 0.755. The molecular weight excluding hydrogens is 258 g/mol. The number of nitrogens with zero attached hydrogens (tertiary/aromatic N) is 1. The number of rotatable bonds is 5. The van der Waals surface area contributed by atoms with Crippen molar-refractivity contribution < 1.29 is 23.5 Å². The molecule has 0 aromatic heterocycles. The number of carboxylic acids is 1. The fourth-order valence-corrected chi connectivity index (χ4v) is 2.01. The Balaban J connectivity index is 2.31. The van der Waals surface area contributed by atoms with Gasteiger partial charge in [-0.05, 0) is 26.7 Å². The minimum atomic E-state index is -2.72. The zero-order valence-corrected chi connectivity index (χ0v) is 11.2. The second-order valence-electron chi connectivity index (χ2n) is 5.44. The van der Waals surface area contributed by atoms with Crippen molar-refractivity contribution in [3.8, 4) is 0 Å². The molecule has 0 aromatic rings. The van der Waals surface area contributed by atoms with Crippen LogP contribution in [-0.2, 0) is 4.79 Å². The van der Waals surface area contributed by atoms with E-state index in [0.717, 1.165) is 6.92 Å². The minimum absolute atomic E-state index is 0.151. The number of hydrogen-bond donors (Lipinski definition) is 2. The molecule has 1 aliphatic rings. The molecule has 0 saturated carbocycles. The van der Waals surface area contributed by atoms with Crippen molar-refractivity contribution >= 4 is 12.0 Å². The summed E-state index contributed by atoms with van der Waals surface area (Å²) in [7, 11) is 0. The maximum absolute atomic E-state index is 12.5. The zero-order valence-electron chi connectivity index (χ0n) is 11.2. The molecule has 1 rings (SSSR count). The van der Waals surface area contributed by atoms with E-state index in [1.54, 1.807) is 6.92 Å². The molecule has 0 aliphatic carbocycles. The highest BCUT2D eigenvalue weighted by Crippen LogP contribution is 2.29. The van der Waals surface area contributed by atoms with Gasteiger partial charge in [0.2, 0.25) is 5.92 Å². The molecule has 0 aromatic carbocycles. The number of carboxylic acid groups (broad SMARTS) is 1. The molecule has 2 amide bonds. The Morgan fingerprint density at radius 3 is 2.58 bits per heavy atom. The lowest BCUT2D eigenvalue weighted by molar-refractivity contribution is -0.147. The van der Waals surface area contributed by atoms with Crippen LogP contribution in [0.4, 0.5) is 13.6 Å². The lowest BCUT2D eigenvalue weighted by atomic mass is 9.90. The van der Waals surface area contributed by atoms with Gasteiger partial charge in [-0.3, -0.25) is 4.79 Å². The van der Waals surface area contributed by atoms with Crippen molar-refractivity contribution in [2.24, 2.45) is 5.41 Å². The summed E-state index contributed by atoms with van der Waals surface area (Å²) in [5.41, 5.74) is -0.909. The largest absolute Gasteiger partial charge is 0.481 e. The van der Waals surface area contributed by atoms with Crippen molar-refractivity contribution in [1.29, 1.82) is 0 Å². The summed E-state index contributed by atoms with van der Waals surface area (Å²) in [6.07, 6.45) is 0.322. The number of carbonyl (C=O) groups excluding carboxylic acids is 1. The van der Waals surface area contributed by atoms with Crippen LogP contribution in [0.2, 0.25) is 0 Å². The molecule has 1 fully saturated rings. The van der Waals surface area contributed by atoms with Gasteiger partial charge in [-0.15, -0.1) is 0 Å². The van der Waals surface area contributed by atoms with E-state index < -0.39 is 17.3 Å². The van der Waals surface area contributed by atoms with Crippen molar-refractivity contribution in [3.05, 3.63) is 0 Å². The van der Waals surface area contributed by atoms with Gasteiger partial charge in [-0.25, -0.2) is 13.6 Å². The molecule has 110 valence electrons. The first kappa shape index (κ1) is 15.7. The second kappa shape index (κ2) is 5.71. The zero-order chi connectivity index (χ0) is 14.7. The predicted octanol–water partition coefficient (Wildman–Crippen LogP) is 1.93. The minimum Gasteiger partial charge on any atom is -0.481 e. The standard InChI is InChI=1S/C12H20F2N2O3/c1-11(9(17)18)5-7-16(8-11)10(19)15-6-3-4-12(2,13)14/h3-8H2,1-2H3,(H,15,19)(H,17,18). The number of aliphatic carboxylic acids is 1. The number of halogens is 2. The third-order valence-electron chi connectivity index (χ3n) is 3.35. The van der Waals surface area contributed by atoms with Crippen molar-refractivity contribution in [3.63, 3.8) is 0 Å². The molecule has 1 aliphatic heterocycles. The molecule has 1 heterocycles. The third-order valence-corrected chi connectivity index (χ3v) is 3.35. The Hall–Kier alpha value is -1.40. The number of carbonyl (C=O) groups is 2. The molecular formula is C12H20F2N2O3. The van der Waals surface area contributed by atoms with Crippen LogP contribution in [0, 0.1) is 5.41 Å². The molecule has 0 bridgehead atoms. The fourth-order valence-electron chi connectivity index (χ4n) is 2.01. The van der Waals surface area contributed by atoms with Gasteiger partial charge in [-0.2, -0.15) is 0 Å². The monoisotopic (exact) mass is 278 g/mol. The molecule has 19 heavy (non-hydrogen) atoms. The lowest BCUT2D eigenvalue weighted by Gasteiger charge is -2.20. The lowest BCUT2D eigenvalue weighted by Crippen LogP contribution is -2.41. The van der Waals surface area contributed by atoms with E-state index in [1.807, 2.05) is 0 Å². The van der Waals surface area contributed by atoms with Crippen LogP contribution < -0.4 is 5.32 Å². The van der Waals surface area contributed by atoms with Gasteiger partial charge < -0.3 is 15.3 Å². The highest BCUT2D eigenvalue weighted by atomic mass is 19.3. The Bertz CT molecular complexity index is 357. The van der Waals surface area contributed by atoms with Crippen molar-refractivity contribution in [2.45, 2.75) is 39.0 Å². The molecule has 5 nitrogen and oxygen atoms in total. The summed E-state index contributed by atoms with van der Waals surface area (Å²) >= 11 is 0. The van der Waals surface area contributed by atoms with Crippen LogP contribution in [-0.4, -0.2) is 47.6 Å². The Morgan fingerprint density at radius 1 is 1.47 bits per heavy atom. The maximum Gasteiger partial charge on any atom is 0.317 e. The van der Waals surface area contributed by atoms with Gasteiger partial charge in [0.05, 0.1) is 5.41 Å².